The second kappa shape index (κ2) is 22.1. The van der Waals surface area contributed by atoms with Crippen LogP contribution in [0.15, 0.2) is 121 Å². The van der Waals surface area contributed by atoms with E-state index in [-0.39, 0.29) is 19.4 Å². The van der Waals surface area contributed by atoms with E-state index in [0.29, 0.717) is 18.6 Å². The van der Waals surface area contributed by atoms with Gasteiger partial charge in [-0.3, -0.25) is 24.0 Å². The summed E-state index contributed by atoms with van der Waals surface area (Å²) in [6.45, 7) is 11.9. The zero-order chi connectivity index (χ0) is 43.8. The summed E-state index contributed by atoms with van der Waals surface area (Å²) in [5, 5.41) is 6.95. The topological polar surface area (TPSA) is 175 Å². The lowest BCUT2D eigenvalue weighted by Gasteiger charge is -2.48. The molecule has 4 aromatic rings. The maximum Gasteiger partial charge on any atom is 0.412 e. The Morgan fingerprint density at radius 2 is 1.02 bits per heavy atom. The van der Waals surface area contributed by atoms with E-state index in [2.05, 4.69) is 16.0 Å². The number of hydrogen-bond donors (Lipinski definition) is 4. The standard InChI is InChI=1S/C47H60N4O8Si/c1-46(2,3)60(47(4,5)6,58-28-27-34-19-11-7-12-20-34)59-45(56)40(30-36-23-15-9-16-24-36)51-43(54)38(29-35-21-13-8-14-22-35)50-44(55)39(49-41(52)32-48)31-42(53)57-33-37-25-17-10-18-26-37/h7-26,38-40H,27-33,48H2,1-6H3,(H,49,52)(H,50,55)(H,51,54)/t38-,39-,40-/m0/s1. The highest BCUT2D eigenvalue weighted by atomic mass is 28.4. The van der Waals surface area contributed by atoms with Crippen molar-refractivity contribution in [2.24, 2.45) is 5.73 Å². The molecule has 60 heavy (non-hydrogen) atoms. The van der Waals surface area contributed by atoms with E-state index in [1.807, 2.05) is 114 Å². The number of benzene rings is 4. The Labute approximate surface area is 355 Å². The molecule has 4 rings (SSSR count). The third-order valence-corrected chi connectivity index (χ3v) is 15.1. The molecule has 320 valence electrons. The Morgan fingerprint density at radius 3 is 1.50 bits per heavy atom. The maximum atomic E-state index is 14.7. The van der Waals surface area contributed by atoms with E-state index in [1.54, 1.807) is 48.5 Å². The number of amides is 3. The number of rotatable bonds is 20. The maximum absolute atomic E-state index is 14.7. The SMILES string of the molecule is CC(C)(C)[Si](OCCc1ccccc1)(OC(=O)[C@H](Cc1ccccc1)NC(=O)[C@H](Cc1ccccc1)NC(=O)[C@H](CC(=O)OCc1ccccc1)NC(=O)CN)C(C)(C)C. The Hall–Kier alpha value is -5.63. The second-order valence-electron chi connectivity index (χ2n) is 16.8. The average Bonchev–Trinajstić information content (AvgIpc) is 3.22. The highest BCUT2D eigenvalue weighted by Gasteiger charge is 2.61. The number of carbonyl (C=O) groups excluding carboxylic acids is 5. The number of nitrogens with two attached hydrogens (primary N) is 1. The van der Waals surface area contributed by atoms with Crippen molar-refractivity contribution >= 4 is 38.2 Å². The van der Waals surface area contributed by atoms with E-state index >= 15 is 0 Å². The molecule has 3 amide bonds. The third kappa shape index (κ3) is 14.0. The number of carbonyl (C=O) groups is 5. The molecule has 0 aliphatic rings. The van der Waals surface area contributed by atoms with Gasteiger partial charge in [-0.1, -0.05) is 163 Å². The van der Waals surface area contributed by atoms with Gasteiger partial charge in [0.25, 0.3) is 0 Å². The van der Waals surface area contributed by atoms with Crippen LogP contribution in [0.1, 0.15) is 70.2 Å². The summed E-state index contributed by atoms with van der Waals surface area (Å²) in [4.78, 5) is 68.6. The van der Waals surface area contributed by atoms with Crippen molar-refractivity contribution in [3.05, 3.63) is 144 Å². The van der Waals surface area contributed by atoms with Crippen LogP contribution in [-0.2, 0) is 63.4 Å². The van der Waals surface area contributed by atoms with Crippen molar-refractivity contribution < 1.29 is 37.6 Å². The van der Waals surface area contributed by atoms with Gasteiger partial charge in [0.15, 0.2) is 0 Å². The third-order valence-electron chi connectivity index (χ3n) is 10.0. The van der Waals surface area contributed by atoms with Crippen molar-refractivity contribution in [2.45, 2.75) is 102 Å². The van der Waals surface area contributed by atoms with Crippen molar-refractivity contribution in [1.29, 1.82) is 0 Å². The lowest BCUT2D eigenvalue weighted by Crippen LogP contribution is -2.62. The zero-order valence-corrected chi connectivity index (χ0v) is 36.6. The van der Waals surface area contributed by atoms with Crippen LogP contribution >= 0.6 is 0 Å². The first kappa shape index (κ1) is 47.0. The number of nitrogens with one attached hydrogen (secondary N) is 3. The summed E-state index contributed by atoms with van der Waals surface area (Å²) in [6, 6.07) is 33.4. The minimum absolute atomic E-state index is 0.0206. The van der Waals surface area contributed by atoms with Crippen LogP contribution in [0.5, 0.6) is 0 Å². The lowest BCUT2D eigenvalue weighted by atomic mass is 10.0. The fraction of sp³-hybridized carbons (Fsp3) is 0.383. The molecule has 0 fully saturated rings. The van der Waals surface area contributed by atoms with Gasteiger partial charge >= 0.3 is 20.5 Å². The second-order valence-corrected chi connectivity index (χ2v) is 21.5. The van der Waals surface area contributed by atoms with Gasteiger partial charge in [0.2, 0.25) is 17.7 Å². The molecule has 12 nitrogen and oxygen atoms in total. The van der Waals surface area contributed by atoms with Crippen LogP contribution in [0.3, 0.4) is 0 Å². The minimum Gasteiger partial charge on any atom is -0.492 e. The number of ether oxygens (including phenoxy) is 1. The quantitative estimate of drug-likeness (QED) is 0.0628. The molecule has 0 aliphatic carbocycles. The Bertz CT molecular complexity index is 1970. The summed E-state index contributed by atoms with van der Waals surface area (Å²) in [7, 11) is -3.50. The van der Waals surface area contributed by atoms with Crippen molar-refractivity contribution in [3.63, 3.8) is 0 Å². The van der Waals surface area contributed by atoms with E-state index in [1.165, 1.54) is 0 Å². The van der Waals surface area contributed by atoms with Gasteiger partial charge in [0.1, 0.15) is 24.7 Å². The molecule has 5 N–H and O–H groups in total. The molecule has 13 heteroatoms. The molecule has 0 aromatic heterocycles. The highest BCUT2D eigenvalue weighted by molar-refractivity contribution is 6.74. The van der Waals surface area contributed by atoms with Gasteiger partial charge in [0.05, 0.1) is 13.0 Å². The number of hydrogen-bond acceptors (Lipinski definition) is 9. The predicted octanol–water partition coefficient (Wildman–Crippen LogP) is 5.86. The Kier molecular flexibility index (Phi) is 17.3. The van der Waals surface area contributed by atoms with Crippen LogP contribution in [-0.4, -0.2) is 69.5 Å². The predicted molar refractivity (Wildman–Crippen MR) is 233 cm³/mol. The molecule has 4 aromatic carbocycles. The van der Waals surface area contributed by atoms with E-state index in [0.717, 1.165) is 16.7 Å². The molecule has 0 unspecified atom stereocenters. The molecule has 0 heterocycles. The van der Waals surface area contributed by atoms with Gasteiger partial charge in [0, 0.05) is 29.5 Å². The molecule has 0 radical (unpaired) electrons. The molecular formula is C47H60N4O8Si. The first-order valence-electron chi connectivity index (χ1n) is 20.3. The lowest BCUT2D eigenvalue weighted by molar-refractivity contribution is -0.147. The summed E-state index contributed by atoms with van der Waals surface area (Å²) in [6.07, 6.45) is 0.195. The van der Waals surface area contributed by atoms with Crippen LogP contribution < -0.4 is 21.7 Å². The molecule has 0 saturated carbocycles. The van der Waals surface area contributed by atoms with Crippen LogP contribution in [0.2, 0.25) is 10.1 Å². The van der Waals surface area contributed by atoms with Crippen LogP contribution in [0, 0.1) is 0 Å². The van der Waals surface area contributed by atoms with E-state index in [9.17, 15) is 24.0 Å². The Balaban J connectivity index is 1.63. The highest BCUT2D eigenvalue weighted by Crippen LogP contribution is 2.52. The van der Waals surface area contributed by atoms with Gasteiger partial charge in [-0.25, -0.2) is 0 Å². The van der Waals surface area contributed by atoms with E-state index in [4.69, 9.17) is 19.3 Å². The Morgan fingerprint density at radius 1 is 0.583 bits per heavy atom. The first-order valence-corrected chi connectivity index (χ1v) is 22.1. The fourth-order valence-electron chi connectivity index (χ4n) is 7.14. The summed E-state index contributed by atoms with van der Waals surface area (Å²) in [5.74, 6) is -3.59. The van der Waals surface area contributed by atoms with Crippen molar-refractivity contribution in [3.8, 4) is 0 Å². The zero-order valence-electron chi connectivity index (χ0n) is 35.6. The largest absolute Gasteiger partial charge is 0.492 e. The molecule has 3 atom stereocenters. The number of esters is 1. The first-order chi connectivity index (χ1) is 28.5. The summed E-state index contributed by atoms with van der Waals surface area (Å²) >= 11 is 0. The van der Waals surface area contributed by atoms with Gasteiger partial charge < -0.3 is 35.3 Å². The van der Waals surface area contributed by atoms with E-state index < -0.39 is 79.4 Å². The normalized spacial score (nSPS) is 13.2. The monoisotopic (exact) mass is 836 g/mol. The van der Waals surface area contributed by atoms with Gasteiger partial charge in [-0.2, -0.15) is 0 Å². The van der Waals surface area contributed by atoms with Crippen LogP contribution in [0.4, 0.5) is 0 Å². The van der Waals surface area contributed by atoms with Crippen LogP contribution in [0.25, 0.3) is 0 Å². The van der Waals surface area contributed by atoms with Gasteiger partial charge in [-0.05, 0) is 28.7 Å². The molecule has 0 bridgehead atoms. The smallest absolute Gasteiger partial charge is 0.412 e. The molecule has 0 aliphatic heterocycles. The van der Waals surface area contributed by atoms with Gasteiger partial charge in [-0.15, -0.1) is 0 Å². The van der Waals surface area contributed by atoms with Crippen molar-refractivity contribution in [2.75, 3.05) is 13.2 Å². The minimum atomic E-state index is -3.50. The fourth-order valence-corrected chi connectivity index (χ4v) is 11.7. The molecular weight excluding hydrogens is 777 g/mol. The summed E-state index contributed by atoms with van der Waals surface area (Å²) in [5.41, 5.74) is 8.87. The molecule has 0 spiro atoms. The summed E-state index contributed by atoms with van der Waals surface area (Å²) < 4.78 is 18.9. The van der Waals surface area contributed by atoms with Crippen molar-refractivity contribution in [1.82, 2.24) is 16.0 Å². The average molecular weight is 837 g/mol. The molecule has 0 saturated heterocycles.